The third-order valence-corrected chi connectivity index (χ3v) is 9.72. The van der Waals surface area contributed by atoms with Crippen molar-refractivity contribution in [2.75, 3.05) is 38.3 Å². The van der Waals surface area contributed by atoms with Crippen LogP contribution in [0.25, 0.3) is 22.5 Å². The average Bonchev–Trinajstić information content (AvgIpc) is 3.66. The Balaban J connectivity index is 1.43. The molecule has 1 saturated heterocycles. The number of aromatic nitrogens is 5. The molecular formula is C28H37N9O3S2. The molecule has 0 aliphatic carbocycles. The average molecular weight is 612 g/mol. The Hall–Kier alpha value is -3.59. The largest absolute Gasteiger partial charge is 0.349 e. The number of aryl methyl sites for hydroxylation is 2. The smallest absolute Gasteiger partial charge is 0.261 e. The van der Waals surface area contributed by atoms with E-state index < -0.39 is 10.0 Å². The maximum Gasteiger partial charge on any atom is 0.261 e. The van der Waals surface area contributed by atoms with Crippen molar-refractivity contribution in [2.45, 2.75) is 39.2 Å². The molecule has 1 amide bonds. The molecule has 224 valence electrons. The molecule has 0 spiro atoms. The van der Waals surface area contributed by atoms with E-state index in [9.17, 15) is 13.2 Å². The minimum absolute atomic E-state index is 0.0712. The van der Waals surface area contributed by atoms with Crippen LogP contribution in [0.2, 0.25) is 0 Å². The molecule has 0 radical (unpaired) electrons. The van der Waals surface area contributed by atoms with Gasteiger partial charge in [0.05, 0.1) is 39.9 Å². The second kappa shape index (κ2) is 12.3. The van der Waals surface area contributed by atoms with Gasteiger partial charge in [0.1, 0.15) is 0 Å². The lowest BCUT2D eigenvalue weighted by Gasteiger charge is -2.30. The maximum atomic E-state index is 13.2. The van der Waals surface area contributed by atoms with Crippen LogP contribution in [0.5, 0.6) is 0 Å². The first-order chi connectivity index (χ1) is 20.1. The topological polar surface area (TPSA) is 139 Å². The van der Waals surface area contributed by atoms with E-state index in [0.717, 1.165) is 39.5 Å². The van der Waals surface area contributed by atoms with Crippen LogP contribution < -0.4 is 16.0 Å². The summed E-state index contributed by atoms with van der Waals surface area (Å²) in [6, 6.07) is 1.87. The summed E-state index contributed by atoms with van der Waals surface area (Å²) in [7, 11) is 0.577. The van der Waals surface area contributed by atoms with Gasteiger partial charge in [0.15, 0.2) is 11.5 Å². The van der Waals surface area contributed by atoms with Crippen molar-refractivity contribution >= 4 is 49.3 Å². The Morgan fingerprint density at radius 3 is 2.62 bits per heavy atom. The highest BCUT2D eigenvalue weighted by Gasteiger charge is 2.27. The van der Waals surface area contributed by atoms with Crippen molar-refractivity contribution in [1.82, 2.24) is 39.1 Å². The van der Waals surface area contributed by atoms with Gasteiger partial charge < -0.3 is 16.0 Å². The monoisotopic (exact) mass is 611 g/mol. The lowest BCUT2D eigenvalue weighted by Crippen LogP contribution is -2.46. The number of nitrogens with one attached hydrogen (secondary N) is 3. The first-order valence-corrected chi connectivity index (χ1v) is 16.6. The standard InChI is InChI=1S/C28H37N9O3S2/c1-6-7-19(13-29-3)22-17-37-23(20-14-31-35(4)16-20)15-30-27(37)26(33-22)34-24-12-18(2)25(41-24)28(38)32-21-8-10-36(11-9-21)42(5,39)40/h7,12,14-17,21,29H,6,8-11,13H2,1-5H3,(H,32,38)(H,33,34)/b19-7+. The third-order valence-electron chi connectivity index (χ3n) is 7.26. The van der Waals surface area contributed by atoms with Gasteiger partial charge in [0, 0.05) is 50.7 Å². The minimum Gasteiger partial charge on any atom is -0.349 e. The van der Waals surface area contributed by atoms with Crippen LogP contribution in [0.4, 0.5) is 10.8 Å². The van der Waals surface area contributed by atoms with E-state index in [2.05, 4.69) is 34.0 Å². The molecule has 5 heterocycles. The van der Waals surface area contributed by atoms with Gasteiger partial charge in [0.2, 0.25) is 10.0 Å². The van der Waals surface area contributed by atoms with Gasteiger partial charge in [-0.1, -0.05) is 13.0 Å². The molecule has 5 rings (SSSR count). The van der Waals surface area contributed by atoms with Crippen LogP contribution in [-0.4, -0.2) is 81.8 Å². The fourth-order valence-corrected chi connectivity index (χ4v) is 7.02. The lowest BCUT2D eigenvalue weighted by molar-refractivity contribution is 0.0927. The van der Waals surface area contributed by atoms with E-state index in [1.807, 2.05) is 56.3 Å². The molecule has 4 aromatic rings. The van der Waals surface area contributed by atoms with Crippen LogP contribution >= 0.6 is 11.3 Å². The van der Waals surface area contributed by atoms with Gasteiger partial charge in [-0.05, 0) is 50.4 Å². The number of rotatable bonds is 10. The second-order valence-corrected chi connectivity index (χ2v) is 13.6. The second-order valence-electron chi connectivity index (χ2n) is 10.5. The number of likely N-dealkylation sites (N-methyl/N-ethyl adjacent to an activating group) is 1. The summed E-state index contributed by atoms with van der Waals surface area (Å²) in [5, 5.41) is 14.9. The number of sulfonamides is 1. The predicted molar refractivity (Wildman–Crippen MR) is 167 cm³/mol. The Kier molecular flexibility index (Phi) is 8.78. The van der Waals surface area contributed by atoms with Crippen LogP contribution in [-0.2, 0) is 17.1 Å². The van der Waals surface area contributed by atoms with E-state index in [4.69, 9.17) is 9.97 Å². The zero-order valence-electron chi connectivity index (χ0n) is 24.5. The van der Waals surface area contributed by atoms with Crippen LogP contribution in [0.15, 0.2) is 36.9 Å². The summed E-state index contributed by atoms with van der Waals surface area (Å²) in [5.74, 6) is 0.430. The Morgan fingerprint density at radius 1 is 1.21 bits per heavy atom. The molecule has 0 bridgehead atoms. The zero-order valence-corrected chi connectivity index (χ0v) is 26.1. The first-order valence-electron chi connectivity index (χ1n) is 13.9. The Morgan fingerprint density at radius 2 is 1.98 bits per heavy atom. The molecule has 12 nitrogen and oxygen atoms in total. The molecule has 0 aromatic carbocycles. The Labute approximate surface area is 249 Å². The van der Waals surface area contributed by atoms with Crippen LogP contribution in [0.3, 0.4) is 0 Å². The van der Waals surface area contributed by atoms with Crippen LogP contribution in [0.1, 0.15) is 47.1 Å². The number of imidazole rings is 1. The molecule has 1 fully saturated rings. The molecule has 0 atom stereocenters. The van der Waals surface area contributed by atoms with Gasteiger partial charge in [-0.3, -0.25) is 13.9 Å². The van der Waals surface area contributed by atoms with Gasteiger partial charge in [-0.25, -0.2) is 22.7 Å². The van der Waals surface area contributed by atoms with E-state index in [-0.39, 0.29) is 11.9 Å². The molecule has 42 heavy (non-hydrogen) atoms. The molecule has 3 N–H and O–H groups in total. The SMILES string of the molecule is CC/C=C(\CNC)c1cn2c(-c3cnn(C)c3)cnc2c(Nc2cc(C)c(C(=O)NC3CCN(S(C)(=O)=O)CC3)s2)n1. The number of thiophene rings is 1. The van der Waals surface area contributed by atoms with Gasteiger partial charge in [-0.15, -0.1) is 11.3 Å². The number of amides is 1. The summed E-state index contributed by atoms with van der Waals surface area (Å²) in [4.78, 5) is 23.5. The van der Waals surface area contributed by atoms with E-state index in [1.165, 1.54) is 21.9 Å². The summed E-state index contributed by atoms with van der Waals surface area (Å²) >= 11 is 1.36. The van der Waals surface area contributed by atoms with Gasteiger partial charge in [0.25, 0.3) is 5.91 Å². The quantitative estimate of drug-likeness (QED) is 0.248. The number of hydrogen-bond acceptors (Lipinski definition) is 9. The highest BCUT2D eigenvalue weighted by atomic mass is 32.2. The fraction of sp³-hybridized carbons (Fsp3) is 0.429. The number of carbonyl (C=O) groups is 1. The molecule has 14 heteroatoms. The van der Waals surface area contributed by atoms with Crippen molar-refractivity contribution in [3.63, 3.8) is 0 Å². The minimum atomic E-state index is -3.22. The van der Waals surface area contributed by atoms with Crippen molar-refractivity contribution < 1.29 is 13.2 Å². The summed E-state index contributed by atoms with van der Waals surface area (Å²) in [6.45, 7) is 5.49. The maximum absolute atomic E-state index is 13.2. The summed E-state index contributed by atoms with van der Waals surface area (Å²) in [5.41, 5.74) is 5.23. The van der Waals surface area contributed by atoms with E-state index >= 15 is 0 Å². The lowest BCUT2D eigenvalue weighted by atomic mass is 10.1. The fourth-order valence-electron chi connectivity index (χ4n) is 5.17. The molecule has 4 aromatic heterocycles. The van der Waals surface area contributed by atoms with Crippen molar-refractivity contribution in [3.8, 4) is 11.3 Å². The number of nitrogens with zero attached hydrogens (tertiary/aromatic N) is 6. The van der Waals surface area contributed by atoms with Crippen molar-refractivity contribution in [2.24, 2.45) is 7.05 Å². The normalized spacial score (nSPS) is 15.4. The number of anilines is 2. The van der Waals surface area contributed by atoms with Gasteiger partial charge in [-0.2, -0.15) is 5.10 Å². The molecule has 1 aliphatic rings. The summed E-state index contributed by atoms with van der Waals surface area (Å²) < 4.78 is 28.9. The van der Waals surface area contributed by atoms with E-state index in [1.54, 1.807) is 4.68 Å². The van der Waals surface area contributed by atoms with Crippen molar-refractivity contribution in [1.29, 1.82) is 0 Å². The molecule has 0 unspecified atom stereocenters. The first kappa shape index (κ1) is 29.9. The predicted octanol–water partition coefficient (Wildman–Crippen LogP) is 3.41. The van der Waals surface area contributed by atoms with E-state index in [0.29, 0.717) is 48.8 Å². The molecule has 0 saturated carbocycles. The number of carbonyl (C=O) groups excluding carboxylic acids is 1. The van der Waals surface area contributed by atoms with Gasteiger partial charge >= 0.3 is 0 Å². The number of fused-ring (bicyclic) bond motifs is 1. The summed E-state index contributed by atoms with van der Waals surface area (Å²) in [6.07, 6.45) is 13.0. The molecule has 1 aliphatic heterocycles. The van der Waals surface area contributed by atoms with Crippen LogP contribution in [0, 0.1) is 6.92 Å². The highest BCUT2D eigenvalue weighted by Crippen LogP contribution is 2.32. The van der Waals surface area contributed by atoms with Crippen molar-refractivity contribution in [3.05, 3.63) is 53.1 Å². The Bertz CT molecular complexity index is 1730. The zero-order chi connectivity index (χ0) is 30.0. The number of hydrogen-bond donors (Lipinski definition) is 3. The molecular weight excluding hydrogens is 575 g/mol. The third kappa shape index (κ3) is 6.41. The number of piperidine rings is 1. The highest BCUT2D eigenvalue weighted by molar-refractivity contribution is 7.88. The number of allylic oxidation sites excluding steroid dienone is 1.